The average Bonchev–Trinajstić information content (AvgIpc) is 3.07. The van der Waals surface area contributed by atoms with E-state index in [1.165, 1.54) is 0 Å². The molecule has 0 aliphatic carbocycles. The number of H-pyrrole nitrogens is 1. The number of rotatable bonds is 4. The third kappa shape index (κ3) is 2.85. The fraction of sp³-hybridized carbons (Fsp3) is 0. The number of nitrogens with zero attached hydrogens (tertiary/aromatic N) is 1. The van der Waals surface area contributed by atoms with E-state index in [9.17, 15) is 40.5 Å². The third-order valence-electron chi connectivity index (χ3n) is 3.48. The second kappa shape index (κ2) is 6.19. The van der Waals surface area contributed by atoms with Gasteiger partial charge in [0, 0.05) is 17.6 Å². The molecule has 7 nitrogen and oxygen atoms in total. The van der Waals surface area contributed by atoms with Crippen LogP contribution in [0.4, 0.5) is 27.6 Å². The molecular formula is C14H5F5N2O5S. The SMILES string of the molecule is O=[N+]([O-])c1cccc2c(S(=O)(=O)Oc3c(F)c(F)c(F)c(F)c3F)c[nH]c12. The number of para-hydroxylation sites is 1. The quantitative estimate of drug-likeness (QED) is 0.178. The molecule has 27 heavy (non-hydrogen) atoms. The topological polar surface area (TPSA) is 102 Å². The van der Waals surface area contributed by atoms with Gasteiger partial charge in [-0.05, 0) is 0 Å². The van der Waals surface area contributed by atoms with Crippen LogP contribution in [-0.4, -0.2) is 18.3 Å². The van der Waals surface area contributed by atoms with Crippen LogP contribution in [0.15, 0.2) is 29.3 Å². The molecule has 0 spiro atoms. The lowest BCUT2D eigenvalue weighted by Crippen LogP contribution is -2.14. The molecule has 0 fully saturated rings. The van der Waals surface area contributed by atoms with Crippen molar-refractivity contribution in [3.05, 3.63) is 63.6 Å². The summed E-state index contributed by atoms with van der Waals surface area (Å²) in [6, 6.07) is 3.31. The first-order valence-electron chi connectivity index (χ1n) is 6.76. The first-order chi connectivity index (χ1) is 12.6. The van der Waals surface area contributed by atoms with Gasteiger partial charge in [-0.2, -0.15) is 17.2 Å². The molecule has 0 unspecified atom stereocenters. The molecule has 0 bridgehead atoms. The van der Waals surface area contributed by atoms with Crippen LogP contribution in [0.2, 0.25) is 0 Å². The normalized spacial score (nSPS) is 11.7. The van der Waals surface area contributed by atoms with E-state index in [1.54, 1.807) is 0 Å². The summed E-state index contributed by atoms with van der Waals surface area (Å²) in [6.45, 7) is 0. The zero-order valence-electron chi connectivity index (χ0n) is 12.6. The number of nitro benzene ring substituents is 1. The number of hydrogen-bond acceptors (Lipinski definition) is 5. The highest BCUT2D eigenvalue weighted by atomic mass is 32.2. The smallest absolute Gasteiger partial charge is 0.341 e. The average molecular weight is 408 g/mol. The molecule has 142 valence electrons. The zero-order chi connectivity index (χ0) is 20.1. The summed E-state index contributed by atoms with van der Waals surface area (Å²) in [7, 11) is -5.12. The molecule has 1 N–H and O–H groups in total. The van der Waals surface area contributed by atoms with Crippen molar-refractivity contribution in [1.82, 2.24) is 4.98 Å². The van der Waals surface area contributed by atoms with E-state index in [0.717, 1.165) is 24.4 Å². The summed E-state index contributed by atoms with van der Waals surface area (Å²) in [5, 5.41) is 10.7. The van der Waals surface area contributed by atoms with Crippen molar-refractivity contribution in [2.45, 2.75) is 4.90 Å². The van der Waals surface area contributed by atoms with Crippen LogP contribution in [0.25, 0.3) is 10.9 Å². The van der Waals surface area contributed by atoms with Gasteiger partial charge in [0.1, 0.15) is 10.4 Å². The molecule has 0 saturated carbocycles. The molecule has 0 radical (unpaired) electrons. The van der Waals surface area contributed by atoms with Gasteiger partial charge in [-0.1, -0.05) is 12.1 Å². The van der Waals surface area contributed by atoms with E-state index < -0.39 is 60.5 Å². The van der Waals surface area contributed by atoms with E-state index in [2.05, 4.69) is 9.17 Å². The van der Waals surface area contributed by atoms with Gasteiger partial charge in [-0.25, -0.2) is 13.2 Å². The molecule has 0 aliphatic heterocycles. The summed E-state index contributed by atoms with van der Waals surface area (Å²) in [5.74, 6) is -14.3. The molecule has 3 aromatic rings. The number of benzene rings is 2. The number of halogens is 5. The van der Waals surface area contributed by atoms with Crippen LogP contribution in [0, 0.1) is 39.2 Å². The second-order valence-electron chi connectivity index (χ2n) is 5.05. The van der Waals surface area contributed by atoms with Crippen LogP contribution in [0.1, 0.15) is 0 Å². The Morgan fingerprint density at radius 3 is 2.07 bits per heavy atom. The first kappa shape index (κ1) is 18.6. The van der Waals surface area contributed by atoms with Crippen LogP contribution < -0.4 is 4.18 Å². The monoisotopic (exact) mass is 408 g/mol. The van der Waals surface area contributed by atoms with Gasteiger partial charge in [-0.15, -0.1) is 0 Å². The highest BCUT2D eigenvalue weighted by Crippen LogP contribution is 2.34. The van der Waals surface area contributed by atoms with E-state index in [1.807, 2.05) is 0 Å². The van der Waals surface area contributed by atoms with Crippen molar-refractivity contribution in [2.24, 2.45) is 0 Å². The number of fused-ring (bicyclic) bond motifs is 1. The van der Waals surface area contributed by atoms with Gasteiger partial charge in [0.05, 0.1) is 4.92 Å². The van der Waals surface area contributed by atoms with Crippen molar-refractivity contribution in [3.63, 3.8) is 0 Å². The fourth-order valence-corrected chi connectivity index (χ4v) is 3.38. The van der Waals surface area contributed by atoms with Crippen molar-refractivity contribution in [3.8, 4) is 5.75 Å². The number of nitrogens with one attached hydrogen (secondary N) is 1. The number of non-ortho nitro benzene ring substituents is 1. The predicted molar refractivity (Wildman–Crippen MR) is 79.0 cm³/mol. The van der Waals surface area contributed by atoms with E-state index >= 15 is 0 Å². The molecule has 0 atom stereocenters. The van der Waals surface area contributed by atoms with Crippen molar-refractivity contribution in [1.29, 1.82) is 0 Å². The van der Waals surface area contributed by atoms with Crippen molar-refractivity contribution in [2.75, 3.05) is 0 Å². The summed E-state index contributed by atoms with van der Waals surface area (Å²) < 4.78 is 95.4. The molecule has 3 rings (SSSR count). The first-order valence-corrected chi connectivity index (χ1v) is 8.17. The minimum absolute atomic E-state index is 0.248. The Bertz CT molecular complexity index is 1180. The Hall–Kier alpha value is -3.22. The zero-order valence-corrected chi connectivity index (χ0v) is 13.4. The van der Waals surface area contributed by atoms with Crippen LogP contribution in [0.3, 0.4) is 0 Å². The highest BCUT2D eigenvalue weighted by molar-refractivity contribution is 7.87. The minimum atomic E-state index is -5.12. The minimum Gasteiger partial charge on any atom is -0.372 e. The van der Waals surface area contributed by atoms with E-state index in [4.69, 9.17) is 0 Å². The van der Waals surface area contributed by atoms with E-state index in [-0.39, 0.29) is 10.9 Å². The summed E-state index contributed by atoms with van der Waals surface area (Å²) in [4.78, 5) is 11.6. The lowest BCUT2D eigenvalue weighted by molar-refractivity contribution is -0.383. The van der Waals surface area contributed by atoms with Gasteiger partial charge >= 0.3 is 10.1 Å². The maximum atomic E-state index is 13.7. The number of aromatic amines is 1. The van der Waals surface area contributed by atoms with Crippen molar-refractivity contribution >= 4 is 26.7 Å². The summed E-state index contributed by atoms with van der Waals surface area (Å²) >= 11 is 0. The van der Waals surface area contributed by atoms with Gasteiger partial charge in [0.15, 0.2) is 0 Å². The standard InChI is InChI=1S/C14H5F5N2O5S/c15-8-9(16)11(18)14(12(19)10(8)17)26-27(24,25)7-4-20-13-5(7)2-1-3-6(13)21(22)23/h1-4,20H. The molecule has 0 saturated heterocycles. The highest BCUT2D eigenvalue weighted by Gasteiger charge is 2.32. The Kier molecular flexibility index (Phi) is 4.26. The third-order valence-corrected chi connectivity index (χ3v) is 4.75. The number of hydrogen-bond donors (Lipinski definition) is 1. The van der Waals surface area contributed by atoms with Crippen LogP contribution in [-0.2, 0) is 10.1 Å². The lowest BCUT2D eigenvalue weighted by atomic mass is 10.2. The molecular weight excluding hydrogens is 403 g/mol. The maximum Gasteiger partial charge on any atom is 0.341 e. The second-order valence-corrected chi connectivity index (χ2v) is 6.56. The van der Waals surface area contributed by atoms with Crippen LogP contribution >= 0.6 is 0 Å². The molecule has 0 amide bonds. The largest absolute Gasteiger partial charge is 0.372 e. The van der Waals surface area contributed by atoms with Gasteiger partial charge in [-0.3, -0.25) is 10.1 Å². The Labute approximate surface area is 146 Å². The van der Waals surface area contributed by atoms with Crippen molar-refractivity contribution < 1.29 is 39.5 Å². The Morgan fingerprint density at radius 2 is 1.52 bits per heavy atom. The molecule has 0 aliphatic rings. The summed E-state index contributed by atoms with van der Waals surface area (Å²) in [5.41, 5.74) is -0.757. The molecule has 2 aromatic carbocycles. The summed E-state index contributed by atoms with van der Waals surface area (Å²) in [6.07, 6.45) is 0.721. The molecule has 13 heteroatoms. The van der Waals surface area contributed by atoms with Gasteiger partial charge in [0.25, 0.3) is 5.69 Å². The fourth-order valence-electron chi connectivity index (χ4n) is 2.28. The maximum absolute atomic E-state index is 13.7. The Balaban J connectivity index is 2.17. The Morgan fingerprint density at radius 1 is 0.963 bits per heavy atom. The number of nitro groups is 1. The molecule has 1 heterocycles. The predicted octanol–water partition coefficient (Wildman–Crippen LogP) is 3.54. The van der Waals surface area contributed by atoms with E-state index in [0.29, 0.717) is 0 Å². The number of aromatic nitrogens is 1. The van der Waals surface area contributed by atoms with Gasteiger partial charge < -0.3 is 9.17 Å². The van der Waals surface area contributed by atoms with Crippen LogP contribution in [0.5, 0.6) is 5.75 Å². The van der Waals surface area contributed by atoms with Gasteiger partial charge in [0.2, 0.25) is 34.8 Å². The molecule has 1 aromatic heterocycles. The lowest BCUT2D eigenvalue weighted by Gasteiger charge is -2.09.